The molecule has 0 radical (unpaired) electrons. The summed E-state index contributed by atoms with van der Waals surface area (Å²) in [5.41, 5.74) is 9.60. The van der Waals surface area contributed by atoms with Crippen molar-refractivity contribution in [2.45, 2.75) is 43.9 Å². The van der Waals surface area contributed by atoms with Gasteiger partial charge in [0.05, 0.1) is 22.8 Å². The van der Waals surface area contributed by atoms with E-state index < -0.39 is 6.04 Å². The summed E-state index contributed by atoms with van der Waals surface area (Å²) in [4.78, 5) is 19.7. The number of nitrogens with zero attached hydrogens (tertiary/aromatic N) is 5. The largest absolute Gasteiger partial charge is 0.355 e. The van der Waals surface area contributed by atoms with E-state index in [-0.39, 0.29) is 18.6 Å². The molecule has 7 nitrogen and oxygen atoms in total. The topological polar surface area (TPSA) is 84.3 Å². The van der Waals surface area contributed by atoms with Crippen LogP contribution in [0.15, 0.2) is 28.1 Å². The Kier molecular flexibility index (Phi) is 5.35. The maximum atomic E-state index is 12.9. The van der Waals surface area contributed by atoms with Gasteiger partial charge in [-0.2, -0.15) is 0 Å². The second kappa shape index (κ2) is 7.29. The summed E-state index contributed by atoms with van der Waals surface area (Å²) in [5, 5.41) is 7.54. The Bertz CT molecular complexity index is 592. The molecule has 1 unspecified atom stereocenters. The molecule has 3 rings (SSSR count). The summed E-state index contributed by atoms with van der Waals surface area (Å²) in [6.45, 7) is 0.145. The van der Waals surface area contributed by atoms with Crippen LogP contribution in [0, 0.1) is 0 Å². The molecule has 1 saturated heterocycles. The van der Waals surface area contributed by atoms with Crippen LogP contribution in [0.4, 0.5) is 0 Å². The third kappa shape index (κ3) is 3.17. The number of piperazine rings is 1. The van der Waals surface area contributed by atoms with E-state index in [9.17, 15) is 4.79 Å². The highest BCUT2D eigenvalue weighted by atomic mass is 127. The van der Waals surface area contributed by atoms with Crippen LogP contribution in [0.5, 0.6) is 0 Å². The number of hydrogen-bond donors (Lipinski definition) is 1. The number of amides is 1. The number of rotatable bonds is 4. The smallest absolute Gasteiger partial charge is 0.245 e. The number of allylic oxidation sites excluding steroid dienone is 2. The molecule has 2 aliphatic heterocycles. The maximum absolute atomic E-state index is 12.9. The lowest BCUT2D eigenvalue weighted by Crippen LogP contribution is -2.67. The van der Waals surface area contributed by atoms with E-state index in [1.165, 1.54) is 0 Å². The van der Waals surface area contributed by atoms with Gasteiger partial charge in [0, 0.05) is 11.0 Å². The molecule has 2 fully saturated rings. The summed E-state index contributed by atoms with van der Waals surface area (Å²) >= 11 is 8.36. The minimum Gasteiger partial charge on any atom is -0.355 e. The van der Waals surface area contributed by atoms with Crippen molar-refractivity contribution < 1.29 is 4.79 Å². The number of dihydropyridines is 1. The number of alkyl halides is 1. The van der Waals surface area contributed by atoms with Crippen molar-refractivity contribution in [3.8, 4) is 0 Å². The minimum absolute atomic E-state index is 0.00516. The molecule has 1 saturated carbocycles. The molecule has 0 aromatic carbocycles. The van der Waals surface area contributed by atoms with Gasteiger partial charge in [0.1, 0.15) is 11.3 Å². The Balaban J connectivity index is 2.00. The van der Waals surface area contributed by atoms with E-state index in [2.05, 4.69) is 42.8 Å². The van der Waals surface area contributed by atoms with E-state index in [4.69, 9.17) is 17.1 Å². The van der Waals surface area contributed by atoms with Crippen molar-refractivity contribution in [3.05, 3.63) is 33.4 Å². The molecular formula is C14H18ClIN6O. The highest BCUT2D eigenvalue weighted by Gasteiger charge is 2.47. The summed E-state index contributed by atoms with van der Waals surface area (Å²) in [6.07, 6.45) is 7.96. The average molecular weight is 449 g/mol. The number of halogens is 2. The second-order valence-electron chi connectivity index (χ2n) is 5.85. The first-order chi connectivity index (χ1) is 11.2. The maximum Gasteiger partial charge on any atom is 0.245 e. The summed E-state index contributed by atoms with van der Waals surface area (Å²) in [7, 11) is 0. The predicted molar refractivity (Wildman–Crippen MR) is 96.6 cm³/mol. The Morgan fingerprint density at radius 3 is 2.83 bits per heavy atom. The molecular weight excluding hydrogens is 431 g/mol. The Labute approximate surface area is 153 Å². The van der Waals surface area contributed by atoms with Crippen LogP contribution in [0.1, 0.15) is 25.7 Å². The average Bonchev–Trinajstić information content (AvgIpc) is 3.07. The van der Waals surface area contributed by atoms with E-state index >= 15 is 0 Å². The van der Waals surface area contributed by atoms with Crippen LogP contribution in [0.2, 0.25) is 0 Å². The normalized spacial score (nSPS) is 28.6. The zero-order valence-corrected chi connectivity index (χ0v) is 15.4. The minimum atomic E-state index is -0.444. The molecule has 0 aromatic heterocycles. The Hall–Kier alpha value is -0.960. The van der Waals surface area contributed by atoms with Gasteiger partial charge in [-0.15, -0.1) is 0 Å². The Morgan fingerprint density at radius 2 is 2.17 bits per heavy atom. The highest BCUT2D eigenvalue weighted by molar-refractivity contribution is 14.1. The van der Waals surface area contributed by atoms with Gasteiger partial charge in [-0.05, 0) is 30.5 Å². The van der Waals surface area contributed by atoms with Crippen molar-refractivity contribution in [3.63, 3.8) is 0 Å². The van der Waals surface area contributed by atoms with Crippen LogP contribution in [0.25, 0.3) is 10.4 Å². The van der Waals surface area contributed by atoms with Crippen LogP contribution < -0.4 is 5.32 Å². The van der Waals surface area contributed by atoms with E-state index in [0.29, 0.717) is 15.7 Å². The molecule has 1 N–H and O–H groups in total. The lowest BCUT2D eigenvalue weighted by Gasteiger charge is -2.50. The van der Waals surface area contributed by atoms with Gasteiger partial charge in [0.25, 0.3) is 0 Å². The van der Waals surface area contributed by atoms with Crippen molar-refractivity contribution in [2.75, 3.05) is 11.1 Å². The van der Waals surface area contributed by atoms with Gasteiger partial charge < -0.3 is 10.2 Å². The van der Waals surface area contributed by atoms with Crippen molar-refractivity contribution in [1.29, 1.82) is 0 Å². The number of carbonyl (C=O) groups is 1. The number of carbonyl (C=O) groups excluding carboxylic acids is 1. The number of hydrogen-bond acceptors (Lipinski definition) is 4. The highest BCUT2D eigenvalue weighted by Crippen LogP contribution is 2.35. The molecule has 0 spiro atoms. The SMILES string of the molecule is [N-]=[N+]=NC[C@@H]1C(=O)N(CI)C2=CC=C(Cl)NC2N1C1CCCC1. The van der Waals surface area contributed by atoms with Crippen molar-refractivity contribution >= 4 is 40.1 Å². The van der Waals surface area contributed by atoms with Gasteiger partial charge in [-0.25, -0.2) is 0 Å². The van der Waals surface area contributed by atoms with Crippen LogP contribution in [-0.4, -0.2) is 45.1 Å². The predicted octanol–water partition coefficient (Wildman–Crippen LogP) is 3.04. The van der Waals surface area contributed by atoms with Gasteiger partial charge in [0.2, 0.25) is 5.91 Å². The molecule has 2 atom stereocenters. The molecule has 9 heteroatoms. The lowest BCUT2D eigenvalue weighted by atomic mass is 10.0. The first kappa shape index (κ1) is 16.9. The molecule has 0 bridgehead atoms. The molecule has 0 aromatic rings. The summed E-state index contributed by atoms with van der Waals surface area (Å²) < 4.78 is 0.553. The zero-order valence-electron chi connectivity index (χ0n) is 12.5. The second-order valence-corrected chi connectivity index (χ2v) is 6.94. The number of nitrogens with one attached hydrogen (secondary N) is 1. The standard InChI is InChI=1S/C14H18ClIN6O/c15-12-6-5-10-13(19-12)22(9-3-1-2-4-9)11(7-18-20-17)14(23)21(10)8-16/h5-6,9,11,13,19H,1-4,7-8H2/t11-,13?/m1/s1. The third-order valence-corrected chi connectivity index (χ3v) is 5.58. The third-order valence-electron chi connectivity index (χ3n) is 4.66. The first-order valence-corrected chi connectivity index (χ1v) is 9.57. The van der Waals surface area contributed by atoms with Crippen molar-refractivity contribution in [1.82, 2.24) is 15.1 Å². The monoisotopic (exact) mass is 448 g/mol. The quantitative estimate of drug-likeness (QED) is 0.179. The van der Waals surface area contributed by atoms with Gasteiger partial charge in [-0.3, -0.25) is 9.69 Å². The van der Waals surface area contributed by atoms with Crippen LogP contribution in [0.3, 0.4) is 0 Å². The van der Waals surface area contributed by atoms with Crippen LogP contribution in [-0.2, 0) is 4.79 Å². The summed E-state index contributed by atoms with van der Waals surface area (Å²) in [6, 6.07) is -0.140. The fourth-order valence-corrected chi connectivity index (χ4v) is 4.56. The number of azide groups is 1. The van der Waals surface area contributed by atoms with Gasteiger partial charge >= 0.3 is 0 Å². The Morgan fingerprint density at radius 1 is 1.43 bits per heavy atom. The zero-order chi connectivity index (χ0) is 16.4. The van der Waals surface area contributed by atoms with E-state index in [1.807, 2.05) is 6.08 Å². The molecule has 1 amide bonds. The molecule has 2 heterocycles. The fourth-order valence-electron chi connectivity index (χ4n) is 3.66. The first-order valence-electron chi connectivity index (χ1n) is 7.67. The lowest BCUT2D eigenvalue weighted by molar-refractivity contribution is -0.141. The molecule has 124 valence electrons. The van der Waals surface area contributed by atoms with Crippen molar-refractivity contribution in [2.24, 2.45) is 5.11 Å². The van der Waals surface area contributed by atoms with Gasteiger partial charge in [-0.1, -0.05) is 52.1 Å². The molecule has 1 aliphatic carbocycles. The number of fused-ring (bicyclic) bond motifs is 1. The fraction of sp³-hybridized carbons (Fsp3) is 0.643. The van der Waals surface area contributed by atoms with E-state index in [0.717, 1.165) is 31.4 Å². The van der Waals surface area contributed by atoms with E-state index in [1.54, 1.807) is 11.0 Å². The molecule has 23 heavy (non-hydrogen) atoms. The van der Waals surface area contributed by atoms with Gasteiger partial charge in [0.15, 0.2) is 0 Å². The molecule has 3 aliphatic rings. The van der Waals surface area contributed by atoms with Crippen LogP contribution >= 0.6 is 34.2 Å². The summed E-state index contributed by atoms with van der Waals surface area (Å²) in [5.74, 6) is -0.00516.